The molecule has 3 rings (SSSR count). The van der Waals surface area contributed by atoms with Crippen molar-refractivity contribution in [3.05, 3.63) is 52.8 Å². The average Bonchev–Trinajstić information content (AvgIpc) is 2.61. The van der Waals surface area contributed by atoms with Gasteiger partial charge in [-0.25, -0.2) is 0 Å². The van der Waals surface area contributed by atoms with E-state index in [1.165, 1.54) is 7.11 Å². The largest absolute Gasteiger partial charge is 0.493 e. The smallest absolute Gasteiger partial charge is 0.311 e. The third kappa shape index (κ3) is 2.99. The average molecular weight is 325 g/mol. The van der Waals surface area contributed by atoms with Crippen molar-refractivity contribution in [1.82, 2.24) is 4.98 Å². The fourth-order valence-electron chi connectivity index (χ4n) is 2.21. The van der Waals surface area contributed by atoms with E-state index >= 15 is 0 Å². The Morgan fingerprint density at radius 1 is 1.17 bits per heavy atom. The number of carbonyl (C=O) groups excluding carboxylic acids is 1. The molecule has 0 radical (unpaired) electrons. The number of benzene rings is 2. The van der Waals surface area contributed by atoms with Crippen molar-refractivity contribution in [3.63, 3.8) is 0 Å². The number of hydrogen-bond acceptors (Lipinski definition) is 6. The van der Waals surface area contributed by atoms with Crippen LogP contribution in [0, 0.1) is 0 Å². The maximum atomic E-state index is 12.1. The second-order valence-electron chi connectivity index (χ2n) is 5.01. The molecule has 0 aliphatic rings. The van der Waals surface area contributed by atoms with Crippen LogP contribution in [0.5, 0.6) is 11.5 Å². The van der Waals surface area contributed by atoms with Gasteiger partial charge in [0.15, 0.2) is 11.5 Å². The van der Waals surface area contributed by atoms with Gasteiger partial charge in [0.05, 0.1) is 12.5 Å². The van der Waals surface area contributed by atoms with Crippen LogP contribution in [0.25, 0.3) is 22.4 Å². The van der Waals surface area contributed by atoms with Crippen LogP contribution in [-0.2, 0) is 4.79 Å². The molecular weight excluding hydrogens is 310 g/mol. The molecule has 0 aliphatic heterocycles. The number of para-hydroxylation sites is 1. The summed E-state index contributed by atoms with van der Waals surface area (Å²) in [7, 11) is 1.46. The molecule has 0 amide bonds. The Hall–Kier alpha value is -3.15. The Balaban J connectivity index is 2.06. The zero-order valence-corrected chi connectivity index (χ0v) is 13.2. The molecule has 6 heteroatoms. The molecule has 0 unspecified atom stereocenters. The first-order valence-electron chi connectivity index (χ1n) is 7.41. The minimum absolute atomic E-state index is 0.172. The Kier molecular flexibility index (Phi) is 4.29. The maximum absolute atomic E-state index is 12.1. The number of ether oxygens (including phenoxy) is 2. The van der Waals surface area contributed by atoms with Crippen LogP contribution >= 0.6 is 0 Å². The van der Waals surface area contributed by atoms with E-state index in [1.807, 2.05) is 0 Å². The molecule has 0 aliphatic carbocycles. The quantitative estimate of drug-likeness (QED) is 0.541. The molecule has 3 aromatic rings. The summed E-state index contributed by atoms with van der Waals surface area (Å²) < 4.78 is 16.1. The van der Waals surface area contributed by atoms with Crippen molar-refractivity contribution >= 4 is 16.9 Å². The van der Waals surface area contributed by atoms with Gasteiger partial charge < -0.3 is 13.9 Å². The summed E-state index contributed by atoms with van der Waals surface area (Å²) in [5.41, 5.74) is 0.631. The number of esters is 1. The SMILES string of the molecule is CCC(=O)Oc1ccc(-c2nc(=O)c3ccccc3o2)cc1OC. The highest BCUT2D eigenvalue weighted by molar-refractivity contribution is 5.77. The van der Waals surface area contributed by atoms with Crippen LogP contribution in [0.4, 0.5) is 0 Å². The van der Waals surface area contributed by atoms with Crippen LogP contribution < -0.4 is 15.0 Å². The van der Waals surface area contributed by atoms with Crippen molar-refractivity contribution in [2.45, 2.75) is 13.3 Å². The van der Waals surface area contributed by atoms with Gasteiger partial charge >= 0.3 is 5.97 Å². The standard InChI is InChI=1S/C18H15NO5/c1-3-16(20)23-14-9-8-11(10-15(14)22-2)18-19-17(21)12-6-4-5-7-13(12)24-18/h4-10H,3H2,1-2H3. The molecule has 0 bridgehead atoms. The lowest BCUT2D eigenvalue weighted by Gasteiger charge is -2.10. The predicted octanol–water partition coefficient (Wildman–Crippen LogP) is 3.18. The van der Waals surface area contributed by atoms with Crippen molar-refractivity contribution in [1.29, 1.82) is 0 Å². The third-order valence-corrected chi connectivity index (χ3v) is 3.45. The molecule has 0 saturated carbocycles. The molecule has 0 saturated heterocycles. The van der Waals surface area contributed by atoms with Gasteiger partial charge in [-0.1, -0.05) is 19.1 Å². The zero-order chi connectivity index (χ0) is 17.1. The summed E-state index contributed by atoms with van der Waals surface area (Å²) in [5.74, 6) is 0.463. The van der Waals surface area contributed by atoms with E-state index < -0.39 is 0 Å². The summed E-state index contributed by atoms with van der Waals surface area (Å²) in [6.45, 7) is 1.71. The number of rotatable bonds is 4. The third-order valence-electron chi connectivity index (χ3n) is 3.45. The first-order valence-corrected chi connectivity index (χ1v) is 7.41. The molecule has 122 valence electrons. The highest BCUT2D eigenvalue weighted by Gasteiger charge is 2.13. The summed E-state index contributed by atoms with van der Waals surface area (Å²) >= 11 is 0. The Morgan fingerprint density at radius 3 is 2.71 bits per heavy atom. The first-order chi connectivity index (χ1) is 11.6. The van der Waals surface area contributed by atoms with E-state index in [9.17, 15) is 9.59 Å². The molecule has 24 heavy (non-hydrogen) atoms. The van der Waals surface area contributed by atoms with E-state index in [0.717, 1.165) is 0 Å². The summed E-state index contributed by atoms with van der Waals surface area (Å²) in [6.07, 6.45) is 0.256. The van der Waals surface area contributed by atoms with Gasteiger partial charge in [0.1, 0.15) is 5.58 Å². The Labute approximate surface area is 137 Å². The normalized spacial score (nSPS) is 10.6. The number of nitrogens with zero attached hydrogens (tertiary/aromatic N) is 1. The summed E-state index contributed by atoms with van der Waals surface area (Å²) in [4.78, 5) is 27.5. The minimum atomic E-state index is -0.368. The second-order valence-corrected chi connectivity index (χ2v) is 5.01. The molecule has 2 aromatic carbocycles. The zero-order valence-electron chi connectivity index (χ0n) is 13.2. The maximum Gasteiger partial charge on any atom is 0.311 e. The van der Waals surface area contributed by atoms with E-state index in [0.29, 0.717) is 28.0 Å². The van der Waals surface area contributed by atoms with Crippen LogP contribution in [-0.4, -0.2) is 18.1 Å². The molecule has 1 aromatic heterocycles. The van der Waals surface area contributed by atoms with E-state index in [1.54, 1.807) is 49.4 Å². The van der Waals surface area contributed by atoms with Gasteiger partial charge in [0.25, 0.3) is 5.56 Å². The number of aromatic nitrogens is 1. The molecular formula is C18H15NO5. The molecule has 0 atom stereocenters. The predicted molar refractivity (Wildman–Crippen MR) is 88.2 cm³/mol. The van der Waals surface area contributed by atoms with Crippen molar-refractivity contribution in [2.24, 2.45) is 0 Å². The van der Waals surface area contributed by atoms with Gasteiger partial charge in [0, 0.05) is 12.0 Å². The molecule has 0 spiro atoms. The lowest BCUT2D eigenvalue weighted by atomic mass is 10.2. The van der Waals surface area contributed by atoms with Gasteiger partial charge in [-0.05, 0) is 30.3 Å². The van der Waals surface area contributed by atoms with Crippen LogP contribution in [0.3, 0.4) is 0 Å². The molecule has 1 heterocycles. The van der Waals surface area contributed by atoms with Crippen molar-refractivity contribution in [2.75, 3.05) is 7.11 Å². The van der Waals surface area contributed by atoms with E-state index in [4.69, 9.17) is 13.9 Å². The van der Waals surface area contributed by atoms with Crippen LogP contribution in [0.1, 0.15) is 13.3 Å². The summed E-state index contributed by atoms with van der Waals surface area (Å²) in [5, 5.41) is 0.418. The lowest BCUT2D eigenvalue weighted by Crippen LogP contribution is -2.08. The Bertz CT molecular complexity index is 961. The van der Waals surface area contributed by atoms with Gasteiger partial charge in [-0.3, -0.25) is 9.59 Å². The highest BCUT2D eigenvalue weighted by atomic mass is 16.6. The van der Waals surface area contributed by atoms with E-state index in [-0.39, 0.29) is 23.8 Å². The summed E-state index contributed by atoms with van der Waals surface area (Å²) in [6, 6.07) is 11.7. The minimum Gasteiger partial charge on any atom is -0.493 e. The first kappa shape index (κ1) is 15.7. The Morgan fingerprint density at radius 2 is 1.96 bits per heavy atom. The van der Waals surface area contributed by atoms with Gasteiger partial charge in [0.2, 0.25) is 5.89 Å². The molecule has 0 N–H and O–H groups in total. The lowest BCUT2D eigenvalue weighted by molar-refractivity contribution is -0.134. The number of fused-ring (bicyclic) bond motifs is 1. The fraction of sp³-hybridized carbons (Fsp3) is 0.167. The topological polar surface area (TPSA) is 78.6 Å². The van der Waals surface area contributed by atoms with Crippen molar-refractivity contribution < 1.29 is 18.7 Å². The van der Waals surface area contributed by atoms with E-state index in [2.05, 4.69) is 4.98 Å². The number of methoxy groups -OCH3 is 1. The number of hydrogen-bond donors (Lipinski definition) is 0. The monoisotopic (exact) mass is 325 g/mol. The highest BCUT2D eigenvalue weighted by Crippen LogP contribution is 2.32. The second kappa shape index (κ2) is 6.54. The number of carbonyl (C=O) groups is 1. The molecule has 0 fully saturated rings. The van der Waals surface area contributed by atoms with Gasteiger partial charge in [-0.2, -0.15) is 4.98 Å². The van der Waals surface area contributed by atoms with Crippen molar-refractivity contribution in [3.8, 4) is 23.0 Å². The van der Waals surface area contributed by atoms with Crippen LogP contribution in [0.2, 0.25) is 0 Å². The fourth-order valence-corrected chi connectivity index (χ4v) is 2.21. The van der Waals surface area contributed by atoms with Crippen LogP contribution in [0.15, 0.2) is 51.7 Å². The molecule has 6 nitrogen and oxygen atoms in total. The van der Waals surface area contributed by atoms with Gasteiger partial charge in [-0.15, -0.1) is 0 Å².